The van der Waals surface area contributed by atoms with Crippen molar-refractivity contribution in [2.75, 3.05) is 25.4 Å². The van der Waals surface area contributed by atoms with E-state index in [9.17, 15) is 39.3 Å². The van der Waals surface area contributed by atoms with Gasteiger partial charge in [0.25, 0.3) is 17.4 Å². The maximum atomic E-state index is 14.2. The lowest BCUT2D eigenvalue weighted by Crippen LogP contribution is -2.49. The van der Waals surface area contributed by atoms with Crippen LogP contribution in [0.25, 0.3) is 22.6 Å². The summed E-state index contributed by atoms with van der Waals surface area (Å²) in [6.45, 7) is 12.2. The van der Waals surface area contributed by atoms with Gasteiger partial charge in [0, 0.05) is 71.9 Å². The van der Waals surface area contributed by atoms with Gasteiger partial charge < -0.3 is 50.0 Å². The quantitative estimate of drug-likeness (QED) is 0.0416. The summed E-state index contributed by atoms with van der Waals surface area (Å²) in [5.74, 6) is -2.14. The highest BCUT2D eigenvalue weighted by molar-refractivity contribution is 5.95. The molecule has 18 heteroatoms. The van der Waals surface area contributed by atoms with Gasteiger partial charge in [-0.1, -0.05) is 34.6 Å². The molecule has 2 atom stereocenters. The summed E-state index contributed by atoms with van der Waals surface area (Å²) in [6, 6.07) is 23.0. The number of ether oxygens (including phenoxy) is 3. The van der Waals surface area contributed by atoms with Crippen molar-refractivity contribution in [2.24, 2.45) is 5.92 Å². The summed E-state index contributed by atoms with van der Waals surface area (Å²) in [5.41, 5.74) is 10.3. The van der Waals surface area contributed by atoms with Gasteiger partial charge in [-0.15, -0.1) is 10.2 Å². The predicted molar refractivity (Wildman–Crippen MR) is 274 cm³/mol. The molecule has 9 rings (SSSR count). The van der Waals surface area contributed by atoms with Crippen molar-refractivity contribution in [3.63, 3.8) is 0 Å². The number of phenols is 3. The number of nitrogen functional groups attached to an aromatic ring is 1. The number of esters is 2. The fourth-order valence-electron chi connectivity index (χ4n) is 10.4. The first-order valence-corrected chi connectivity index (χ1v) is 24.9. The molecule has 2 amide bonds. The highest BCUT2D eigenvalue weighted by Gasteiger charge is 2.51. The van der Waals surface area contributed by atoms with Crippen LogP contribution in [-0.4, -0.2) is 82.9 Å². The summed E-state index contributed by atoms with van der Waals surface area (Å²) in [7, 11) is 0. The minimum absolute atomic E-state index is 0.00818. The maximum absolute atomic E-state index is 14.2. The summed E-state index contributed by atoms with van der Waals surface area (Å²) < 4.78 is 21.1. The van der Waals surface area contributed by atoms with Gasteiger partial charge in [0.15, 0.2) is 5.82 Å². The summed E-state index contributed by atoms with van der Waals surface area (Å²) in [5, 5.41) is 42.9. The maximum Gasteiger partial charge on any atom is 0.355 e. The number of nitrogens with one attached hydrogen (secondary N) is 1. The number of aromatic hydroxyl groups is 3. The Morgan fingerprint density at radius 2 is 1.58 bits per heavy atom. The van der Waals surface area contributed by atoms with E-state index >= 15 is 0 Å². The van der Waals surface area contributed by atoms with Gasteiger partial charge in [0.2, 0.25) is 11.4 Å². The van der Waals surface area contributed by atoms with Crippen molar-refractivity contribution in [3.05, 3.63) is 140 Å². The van der Waals surface area contributed by atoms with Gasteiger partial charge in [-0.05, 0) is 134 Å². The number of benzene rings is 4. The summed E-state index contributed by atoms with van der Waals surface area (Å²) in [6.07, 6.45) is 1.20. The number of pyridine rings is 1. The third-order valence-electron chi connectivity index (χ3n) is 14.5. The second-order valence-corrected chi connectivity index (χ2v) is 19.2. The molecule has 74 heavy (non-hydrogen) atoms. The van der Waals surface area contributed by atoms with Gasteiger partial charge in [-0.25, -0.2) is 4.79 Å². The third-order valence-corrected chi connectivity index (χ3v) is 14.5. The van der Waals surface area contributed by atoms with Crippen molar-refractivity contribution in [3.8, 4) is 45.8 Å². The Bertz CT molecular complexity index is 3300. The van der Waals surface area contributed by atoms with Crippen molar-refractivity contribution >= 4 is 35.0 Å². The number of carbonyl (C=O) groups excluding carboxylic acids is 4. The Morgan fingerprint density at radius 3 is 2.23 bits per heavy atom. The van der Waals surface area contributed by atoms with Crippen LogP contribution in [-0.2, 0) is 37.8 Å². The van der Waals surface area contributed by atoms with E-state index < -0.39 is 29.4 Å². The van der Waals surface area contributed by atoms with E-state index in [1.54, 1.807) is 96.1 Å². The minimum Gasteiger partial charge on any atom is -0.508 e. The molecular weight excluding hydrogens is 947 g/mol. The average Bonchev–Trinajstić information content (AvgIpc) is 3.99. The Kier molecular flexibility index (Phi) is 13.8. The molecule has 0 bridgehead atoms. The molecule has 3 aliphatic heterocycles. The molecular formula is C56H59N7O11. The number of cyclic esters (lactones) is 1. The molecule has 2 unspecified atom stereocenters. The number of phenolic OH excluding ortho intramolecular Hbond substituents is 3. The number of hydrogen-bond acceptors (Lipinski definition) is 14. The molecule has 18 nitrogen and oxygen atoms in total. The second-order valence-electron chi connectivity index (χ2n) is 19.2. The fourth-order valence-corrected chi connectivity index (χ4v) is 10.4. The van der Waals surface area contributed by atoms with Crippen LogP contribution in [0, 0.1) is 5.92 Å². The lowest BCUT2D eigenvalue weighted by molar-refractivity contribution is -0.192. The Hall–Kier alpha value is -8.41. The molecule has 2 aromatic heterocycles. The van der Waals surface area contributed by atoms with Crippen molar-refractivity contribution in [1.29, 1.82) is 0 Å². The fraction of sp³-hybridized carbons (Fsp3) is 0.339. The normalized spacial score (nSPS) is 18.1. The topological polar surface area (TPSA) is 251 Å². The molecule has 384 valence electrons. The Morgan fingerprint density at radius 1 is 0.892 bits per heavy atom. The number of amides is 2. The Balaban J connectivity index is 0.860. The van der Waals surface area contributed by atoms with Crippen molar-refractivity contribution < 1.29 is 48.7 Å². The van der Waals surface area contributed by atoms with E-state index in [4.69, 9.17) is 19.9 Å². The van der Waals surface area contributed by atoms with E-state index in [-0.39, 0.29) is 109 Å². The van der Waals surface area contributed by atoms with Crippen LogP contribution in [0.1, 0.15) is 128 Å². The van der Waals surface area contributed by atoms with Crippen molar-refractivity contribution in [1.82, 2.24) is 29.5 Å². The predicted octanol–water partition coefficient (Wildman–Crippen LogP) is 8.20. The zero-order chi connectivity index (χ0) is 52.7. The van der Waals surface area contributed by atoms with Gasteiger partial charge >= 0.3 is 11.9 Å². The van der Waals surface area contributed by atoms with Crippen LogP contribution >= 0.6 is 0 Å². The van der Waals surface area contributed by atoms with E-state index in [0.717, 1.165) is 11.1 Å². The number of aromatic nitrogens is 4. The first-order chi connectivity index (χ1) is 35.5. The van der Waals surface area contributed by atoms with Crippen LogP contribution in [0.5, 0.6) is 28.7 Å². The molecule has 6 N–H and O–H groups in total. The molecule has 5 heterocycles. The van der Waals surface area contributed by atoms with E-state index in [2.05, 4.69) is 15.5 Å². The van der Waals surface area contributed by atoms with Crippen LogP contribution in [0.3, 0.4) is 0 Å². The lowest BCUT2D eigenvalue weighted by atomic mass is 9.84. The second kappa shape index (κ2) is 20.2. The number of nitrogens with zero attached hydrogens (tertiary/aromatic N) is 5. The minimum atomic E-state index is -1.85. The first-order valence-electron chi connectivity index (χ1n) is 24.9. The SMILES string of the molecule is CCNC(=O)c1nnc(-c2cc(C(C)C)c(O)cc2O)n1-c1ccc(Oc2ccc(C(=O)N3CCC(C(=O)OC4(CC)C(=O)OCc5c4cc4n(c5=O)C/C(=C(\CC)c5cc(O)ccc5N)C4C)CC3)cc2)cc1. The number of fused-ring (bicyclic) bond motifs is 2. The average molecular weight is 1010 g/mol. The lowest BCUT2D eigenvalue weighted by Gasteiger charge is -2.38. The first kappa shape index (κ1) is 50.5. The monoisotopic (exact) mass is 1010 g/mol. The number of rotatable bonds is 13. The van der Waals surface area contributed by atoms with Crippen LogP contribution in [0.4, 0.5) is 5.69 Å². The van der Waals surface area contributed by atoms with Gasteiger partial charge in [-0.3, -0.25) is 23.7 Å². The van der Waals surface area contributed by atoms with Gasteiger partial charge in [0.05, 0.1) is 17.0 Å². The van der Waals surface area contributed by atoms with Crippen LogP contribution in [0.15, 0.2) is 95.3 Å². The zero-order valence-corrected chi connectivity index (χ0v) is 42.1. The zero-order valence-electron chi connectivity index (χ0n) is 42.1. The molecule has 0 spiro atoms. The van der Waals surface area contributed by atoms with E-state index in [1.165, 1.54) is 16.7 Å². The van der Waals surface area contributed by atoms with E-state index in [0.29, 0.717) is 63.8 Å². The molecule has 1 fully saturated rings. The number of piperidine rings is 1. The molecule has 6 aromatic rings. The number of anilines is 1. The highest BCUT2D eigenvalue weighted by atomic mass is 16.6. The molecule has 4 aromatic carbocycles. The van der Waals surface area contributed by atoms with Gasteiger partial charge in [-0.2, -0.15) is 0 Å². The smallest absolute Gasteiger partial charge is 0.355 e. The summed E-state index contributed by atoms with van der Waals surface area (Å²) in [4.78, 5) is 70.6. The van der Waals surface area contributed by atoms with Crippen molar-refractivity contribution in [2.45, 2.75) is 97.8 Å². The van der Waals surface area contributed by atoms with E-state index in [1.807, 2.05) is 27.7 Å². The standard InChI is InChI=1S/C56H59N7O11/c1-7-38(40-24-35(64)14-19-45(40)57)42-28-62-46(31(42)6)26-44-43(53(62)69)29-72-55(71)56(44,8-2)74-54(70)33-20-22-61(23-21-33)52(68)32-10-15-36(16-11-32)73-37-17-12-34(13-18-37)63-49(59-60-50(63)51(67)58-9-3)41-25-39(30(4)5)47(65)27-48(41)66/h10-19,24-27,30-31,33,64-66H,7-9,20-23,28-29,57H2,1-6H3,(H,58,67)/b42-38-. The van der Waals surface area contributed by atoms with Gasteiger partial charge in [0.1, 0.15) is 35.4 Å². The van der Waals surface area contributed by atoms with Crippen LogP contribution < -0.4 is 21.3 Å². The number of nitrogens with two attached hydrogens (primary N) is 1. The number of allylic oxidation sites excluding steroid dienone is 2. The number of likely N-dealkylation sites (tertiary alicyclic amines) is 1. The van der Waals surface area contributed by atoms with Crippen LogP contribution in [0.2, 0.25) is 0 Å². The molecule has 3 aliphatic rings. The highest BCUT2D eigenvalue weighted by Crippen LogP contribution is 2.45. The third kappa shape index (κ3) is 9.09. The summed E-state index contributed by atoms with van der Waals surface area (Å²) >= 11 is 0. The molecule has 1 saturated heterocycles. The molecule has 0 radical (unpaired) electrons. The number of carbonyl (C=O) groups is 4. The Labute approximate surface area is 427 Å². The molecule has 0 aliphatic carbocycles. The molecule has 0 saturated carbocycles. The number of hydrogen-bond donors (Lipinski definition) is 5. The largest absolute Gasteiger partial charge is 0.508 e.